The van der Waals surface area contributed by atoms with Crippen LogP contribution in [-0.2, 0) is 14.3 Å². The van der Waals surface area contributed by atoms with Gasteiger partial charge in [0.25, 0.3) is 5.91 Å². The number of carbonyl (C=O) groups excluding carboxylic acids is 3. The van der Waals surface area contributed by atoms with Gasteiger partial charge in [-0.1, -0.05) is 24.3 Å². The van der Waals surface area contributed by atoms with Gasteiger partial charge in [-0.05, 0) is 54.1 Å². The van der Waals surface area contributed by atoms with Crippen molar-refractivity contribution >= 4 is 39.9 Å². The standard InChI is InChI=1S/C23H22N2O5/c1-14(22(27)25-19-10-8-18(9-11-19)24-15(2)26)30-23(28)20-12-16-6-4-5-7-17(16)13-21(20)29-3/h4-14H,1-3H3,(H,24,26)(H,25,27)/t14-/m0/s1. The zero-order valence-corrected chi connectivity index (χ0v) is 16.9. The van der Waals surface area contributed by atoms with Crippen molar-refractivity contribution in [3.63, 3.8) is 0 Å². The predicted molar refractivity (Wildman–Crippen MR) is 115 cm³/mol. The van der Waals surface area contributed by atoms with Crippen molar-refractivity contribution in [3.05, 3.63) is 66.2 Å². The Hall–Kier alpha value is -3.87. The van der Waals surface area contributed by atoms with Gasteiger partial charge in [0, 0.05) is 18.3 Å². The molecule has 0 saturated heterocycles. The lowest BCUT2D eigenvalue weighted by atomic mass is 10.1. The third kappa shape index (κ3) is 4.94. The minimum Gasteiger partial charge on any atom is -0.496 e. The number of benzene rings is 3. The van der Waals surface area contributed by atoms with Gasteiger partial charge in [-0.2, -0.15) is 0 Å². The van der Waals surface area contributed by atoms with Crippen LogP contribution in [0.4, 0.5) is 11.4 Å². The summed E-state index contributed by atoms with van der Waals surface area (Å²) in [5.41, 5.74) is 1.37. The zero-order valence-electron chi connectivity index (χ0n) is 16.9. The van der Waals surface area contributed by atoms with Gasteiger partial charge in [-0.15, -0.1) is 0 Å². The highest BCUT2D eigenvalue weighted by atomic mass is 16.5. The SMILES string of the molecule is COc1cc2ccccc2cc1C(=O)O[C@@H](C)C(=O)Nc1ccc(NC(C)=O)cc1. The number of anilines is 2. The second-order valence-corrected chi connectivity index (χ2v) is 6.69. The van der Waals surface area contributed by atoms with Crippen molar-refractivity contribution in [2.75, 3.05) is 17.7 Å². The lowest BCUT2D eigenvalue weighted by Crippen LogP contribution is -2.30. The van der Waals surface area contributed by atoms with Gasteiger partial charge in [0.15, 0.2) is 6.10 Å². The van der Waals surface area contributed by atoms with Gasteiger partial charge < -0.3 is 20.1 Å². The molecule has 0 spiro atoms. The van der Waals surface area contributed by atoms with Crippen LogP contribution in [0.25, 0.3) is 10.8 Å². The molecule has 154 valence electrons. The smallest absolute Gasteiger partial charge is 0.342 e. The highest BCUT2D eigenvalue weighted by Crippen LogP contribution is 2.27. The fourth-order valence-corrected chi connectivity index (χ4v) is 2.91. The first-order chi connectivity index (χ1) is 14.4. The van der Waals surface area contributed by atoms with E-state index in [2.05, 4.69) is 10.6 Å². The van der Waals surface area contributed by atoms with Crippen molar-refractivity contribution in [2.24, 2.45) is 0 Å². The van der Waals surface area contributed by atoms with E-state index in [9.17, 15) is 14.4 Å². The second kappa shape index (κ2) is 9.09. The van der Waals surface area contributed by atoms with Gasteiger partial charge in [0.2, 0.25) is 5.91 Å². The van der Waals surface area contributed by atoms with Crippen LogP contribution in [0, 0.1) is 0 Å². The number of hydrogen-bond acceptors (Lipinski definition) is 5. The number of ether oxygens (including phenoxy) is 2. The molecule has 0 aromatic heterocycles. The molecule has 0 heterocycles. The van der Waals surface area contributed by atoms with Crippen LogP contribution in [0.5, 0.6) is 5.75 Å². The first-order valence-electron chi connectivity index (χ1n) is 9.33. The van der Waals surface area contributed by atoms with Crippen molar-refractivity contribution in [1.29, 1.82) is 0 Å². The van der Waals surface area contributed by atoms with Gasteiger partial charge >= 0.3 is 5.97 Å². The quantitative estimate of drug-likeness (QED) is 0.604. The van der Waals surface area contributed by atoms with E-state index in [0.717, 1.165) is 10.8 Å². The zero-order chi connectivity index (χ0) is 21.7. The molecule has 3 aromatic carbocycles. The molecule has 7 heteroatoms. The number of esters is 1. The Morgan fingerprint density at radius 1 is 0.867 bits per heavy atom. The Morgan fingerprint density at radius 2 is 1.43 bits per heavy atom. The molecule has 30 heavy (non-hydrogen) atoms. The van der Waals surface area contributed by atoms with Crippen molar-refractivity contribution in [1.82, 2.24) is 0 Å². The summed E-state index contributed by atoms with van der Waals surface area (Å²) in [7, 11) is 1.47. The van der Waals surface area contributed by atoms with Crippen LogP contribution in [0.1, 0.15) is 24.2 Å². The lowest BCUT2D eigenvalue weighted by Gasteiger charge is -2.15. The molecule has 2 N–H and O–H groups in total. The summed E-state index contributed by atoms with van der Waals surface area (Å²) in [6, 6.07) is 17.6. The minimum absolute atomic E-state index is 0.184. The molecule has 0 bridgehead atoms. The molecule has 0 aliphatic carbocycles. The predicted octanol–water partition coefficient (Wildman–Crippen LogP) is 3.99. The molecule has 0 aliphatic rings. The molecule has 0 fully saturated rings. The summed E-state index contributed by atoms with van der Waals surface area (Å²) >= 11 is 0. The Morgan fingerprint density at radius 3 is 2.00 bits per heavy atom. The van der Waals surface area contributed by atoms with Crippen LogP contribution >= 0.6 is 0 Å². The van der Waals surface area contributed by atoms with Crippen molar-refractivity contribution < 1.29 is 23.9 Å². The van der Waals surface area contributed by atoms with E-state index in [1.54, 1.807) is 36.4 Å². The Bertz CT molecular complexity index is 1090. The van der Waals surface area contributed by atoms with Crippen LogP contribution < -0.4 is 15.4 Å². The molecule has 3 rings (SSSR count). The number of carbonyl (C=O) groups is 3. The summed E-state index contributed by atoms with van der Waals surface area (Å²) in [6.07, 6.45) is -1.02. The number of nitrogens with one attached hydrogen (secondary N) is 2. The van der Waals surface area contributed by atoms with E-state index >= 15 is 0 Å². The van der Waals surface area contributed by atoms with E-state index in [4.69, 9.17) is 9.47 Å². The molecular formula is C23H22N2O5. The number of fused-ring (bicyclic) bond motifs is 1. The van der Waals surface area contributed by atoms with Gasteiger partial charge in [-0.25, -0.2) is 4.79 Å². The minimum atomic E-state index is -1.02. The molecule has 2 amide bonds. The summed E-state index contributed by atoms with van der Waals surface area (Å²) in [6.45, 7) is 2.91. The molecule has 0 aliphatic heterocycles. The fraction of sp³-hybridized carbons (Fsp3) is 0.174. The highest BCUT2D eigenvalue weighted by molar-refractivity contribution is 6.01. The number of rotatable bonds is 6. The van der Waals surface area contributed by atoms with Gasteiger partial charge in [0.05, 0.1) is 7.11 Å². The maximum Gasteiger partial charge on any atom is 0.342 e. The maximum absolute atomic E-state index is 12.7. The highest BCUT2D eigenvalue weighted by Gasteiger charge is 2.22. The number of hydrogen-bond donors (Lipinski definition) is 2. The number of amides is 2. The Kier molecular flexibility index (Phi) is 6.32. The molecule has 0 saturated carbocycles. The second-order valence-electron chi connectivity index (χ2n) is 6.69. The molecule has 0 radical (unpaired) electrons. The summed E-state index contributed by atoms with van der Waals surface area (Å²) < 4.78 is 10.7. The van der Waals surface area contributed by atoms with Gasteiger partial charge in [-0.3, -0.25) is 9.59 Å². The first-order valence-corrected chi connectivity index (χ1v) is 9.33. The van der Waals surface area contributed by atoms with E-state index in [1.807, 2.05) is 24.3 Å². The molecule has 3 aromatic rings. The summed E-state index contributed by atoms with van der Waals surface area (Å²) in [5, 5.41) is 7.11. The van der Waals surface area contributed by atoms with Crippen molar-refractivity contribution in [3.8, 4) is 5.75 Å². The van der Waals surface area contributed by atoms with Crippen LogP contribution in [0.15, 0.2) is 60.7 Å². The third-order valence-electron chi connectivity index (χ3n) is 4.41. The first kappa shape index (κ1) is 20.9. The Labute approximate surface area is 174 Å². The van der Waals surface area contributed by atoms with Crippen molar-refractivity contribution in [2.45, 2.75) is 20.0 Å². The number of methoxy groups -OCH3 is 1. The maximum atomic E-state index is 12.7. The summed E-state index contributed by atoms with van der Waals surface area (Å²) in [4.78, 5) is 36.1. The molecule has 1 atom stereocenters. The third-order valence-corrected chi connectivity index (χ3v) is 4.41. The van der Waals surface area contributed by atoms with Crippen LogP contribution in [-0.4, -0.2) is 31.0 Å². The summed E-state index contributed by atoms with van der Waals surface area (Å²) in [5.74, 6) is -0.937. The normalized spacial score (nSPS) is 11.4. The van der Waals surface area contributed by atoms with Crippen LogP contribution in [0.2, 0.25) is 0 Å². The molecular weight excluding hydrogens is 384 g/mol. The monoisotopic (exact) mass is 406 g/mol. The van der Waals surface area contributed by atoms with E-state index < -0.39 is 18.0 Å². The van der Waals surface area contributed by atoms with E-state index in [0.29, 0.717) is 17.1 Å². The van der Waals surface area contributed by atoms with Crippen LogP contribution in [0.3, 0.4) is 0 Å². The fourth-order valence-electron chi connectivity index (χ4n) is 2.91. The van der Waals surface area contributed by atoms with E-state index in [1.165, 1.54) is 21.0 Å². The topological polar surface area (TPSA) is 93.7 Å². The van der Waals surface area contributed by atoms with E-state index in [-0.39, 0.29) is 11.5 Å². The largest absolute Gasteiger partial charge is 0.496 e. The average molecular weight is 406 g/mol. The lowest BCUT2D eigenvalue weighted by molar-refractivity contribution is -0.123. The Balaban J connectivity index is 1.68. The molecule has 7 nitrogen and oxygen atoms in total. The van der Waals surface area contributed by atoms with Gasteiger partial charge in [0.1, 0.15) is 11.3 Å². The molecule has 0 unspecified atom stereocenters. The average Bonchev–Trinajstić information content (AvgIpc) is 2.73.